The zero-order chi connectivity index (χ0) is 13.8. The van der Waals surface area contributed by atoms with Crippen LogP contribution in [0.3, 0.4) is 0 Å². The van der Waals surface area contributed by atoms with Crippen molar-refractivity contribution in [2.45, 2.75) is 26.7 Å². The fourth-order valence-corrected chi connectivity index (χ4v) is 2.31. The Balaban J connectivity index is 2.71. The zero-order valence-corrected chi connectivity index (χ0v) is 11.6. The Morgan fingerprint density at radius 2 is 1.89 bits per heavy atom. The van der Waals surface area contributed by atoms with Crippen molar-refractivity contribution in [3.63, 3.8) is 0 Å². The highest BCUT2D eigenvalue weighted by molar-refractivity contribution is 5.39. The number of para-hydroxylation sites is 1. The van der Waals surface area contributed by atoms with Gasteiger partial charge in [-0.2, -0.15) is 0 Å². The van der Waals surface area contributed by atoms with Crippen LogP contribution in [-0.4, -0.2) is 30.5 Å². The van der Waals surface area contributed by atoms with Crippen LogP contribution >= 0.6 is 0 Å². The van der Waals surface area contributed by atoms with E-state index >= 15 is 0 Å². The van der Waals surface area contributed by atoms with E-state index in [1.807, 2.05) is 26.2 Å². The Morgan fingerprint density at radius 1 is 1.28 bits per heavy atom. The summed E-state index contributed by atoms with van der Waals surface area (Å²) >= 11 is 0. The number of benzene rings is 1. The Hall–Kier alpha value is -1.42. The lowest BCUT2D eigenvalue weighted by molar-refractivity contribution is -0.385. The van der Waals surface area contributed by atoms with Crippen molar-refractivity contribution in [3.8, 4) is 0 Å². The molecule has 0 bridgehead atoms. The Labute approximate surface area is 109 Å². The van der Waals surface area contributed by atoms with Gasteiger partial charge in [-0.1, -0.05) is 32.0 Å². The van der Waals surface area contributed by atoms with Gasteiger partial charge in [0.2, 0.25) is 0 Å². The highest BCUT2D eigenvalue weighted by Crippen LogP contribution is 2.27. The van der Waals surface area contributed by atoms with Gasteiger partial charge < -0.3 is 4.90 Å². The third-order valence-corrected chi connectivity index (χ3v) is 3.00. The summed E-state index contributed by atoms with van der Waals surface area (Å²) in [4.78, 5) is 12.8. The summed E-state index contributed by atoms with van der Waals surface area (Å²) in [5, 5.41) is 10.9. The van der Waals surface area contributed by atoms with Gasteiger partial charge in [-0.25, -0.2) is 0 Å². The molecule has 0 aliphatic rings. The van der Waals surface area contributed by atoms with E-state index in [0.717, 1.165) is 24.9 Å². The fourth-order valence-electron chi connectivity index (χ4n) is 2.31. The molecule has 0 saturated carbocycles. The van der Waals surface area contributed by atoms with Gasteiger partial charge in [-0.15, -0.1) is 0 Å². The van der Waals surface area contributed by atoms with Crippen molar-refractivity contribution >= 4 is 5.69 Å². The van der Waals surface area contributed by atoms with Crippen molar-refractivity contribution in [1.82, 2.24) is 4.90 Å². The van der Waals surface area contributed by atoms with Gasteiger partial charge in [-0.3, -0.25) is 10.1 Å². The minimum Gasteiger partial charge on any atom is -0.309 e. The number of hydrogen-bond donors (Lipinski definition) is 0. The molecule has 1 rings (SSSR count). The molecule has 0 unspecified atom stereocenters. The summed E-state index contributed by atoms with van der Waals surface area (Å²) in [6.07, 6.45) is 1.69. The van der Waals surface area contributed by atoms with E-state index < -0.39 is 0 Å². The second kappa shape index (κ2) is 5.96. The minimum absolute atomic E-state index is 0.160. The maximum Gasteiger partial charge on any atom is 0.272 e. The molecule has 0 aliphatic heterocycles. The average molecular weight is 250 g/mol. The first-order valence-corrected chi connectivity index (χ1v) is 6.19. The maximum absolute atomic E-state index is 10.9. The van der Waals surface area contributed by atoms with Gasteiger partial charge in [0.1, 0.15) is 0 Å². The van der Waals surface area contributed by atoms with Gasteiger partial charge in [0.25, 0.3) is 5.69 Å². The van der Waals surface area contributed by atoms with Crippen LogP contribution in [-0.2, 0) is 6.42 Å². The molecule has 0 spiro atoms. The lowest BCUT2D eigenvalue weighted by atomic mass is 9.85. The number of hydrogen-bond acceptors (Lipinski definition) is 3. The lowest BCUT2D eigenvalue weighted by Gasteiger charge is -2.28. The molecule has 0 radical (unpaired) electrons. The van der Waals surface area contributed by atoms with Crippen LogP contribution in [0.25, 0.3) is 0 Å². The molecule has 0 atom stereocenters. The van der Waals surface area contributed by atoms with Crippen LogP contribution in [0.2, 0.25) is 0 Å². The van der Waals surface area contributed by atoms with E-state index in [2.05, 4.69) is 18.7 Å². The van der Waals surface area contributed by atoms with Crippen LogP contribution in [0.4, 0.5) is 5.69 Å². The standard InChI is InChI=1S/C14H22N2O2/c1-14(2,11-15(3)4)10-9-12-7-5-6-8-13(12)16(17)18/h5-8H,9-11H2,1-4H3. The highest BCUT2D eigenvalue weighted by atomic mass is 16.6. The monoisotopic (exact) mass is 250 g/mol. The quantitative estimate of drug-likeness (QED) is 0.575. The fraction of sp³-hybridized carbons (Fsp3) is 0.571. The van der Waals surface area contributed by atoms with Crippen LogP contribution in [0.5, 0.6) is 0 Å². The van der Waals surface area contributed by atoms with Crippen molar-refractivity contribution < 1.29 is 4.92 Å². The molecule has 1 aromatic carbocycles. The largest absolute Gasteiger partial charge is 0.309 e. The van der Waals surface area contributed by atoms with Gasteiger partial charge in [0.15, 0.2) is 0 Å². The Bertz CT molecular complexity index is 414. The number of aryl methyl sites for hydroxylation is 1. The highest BCUT2D eigenvalue weighted by Gasteiger charge is 2.21. The third-order valence-electron chi connectivity index (χ3n) is 3.00. The van der Waals surface area contributed by atoms with E-state index in [-0.39, 0.29) is 16.0 Å². The van der Waals surface area contributed by atoms with Crippen molar-refractivity contribution in [1.29, 1.82) is 0 Å². The average Bonchev–Trinajstić information content (AvgIpc) is 2.25. The molecule has 0 saturated heterocycles. The molecule has 0 aliphatic carbocycles. The summed E-state index contributed by atoms with van der Waals surface area (Å²) in [6, 6.07) is 7.01. The van der Waals surface area contributed by atoms with Crippen molar-refractivity contribution in [2.75, 3.05) is 20.6 Å². The lowest BCUT2D eigenvalue weighted by Crippen LogP contribution is -2.29. The molecule has 4 heteroatoms. The number of nitro benzene ring substituents is 1. The molecular weight excluding hydrogens is 228 g/mol. The Kier molecular flexibility index (Phi) is 4.84. The van der Waals surface area contributed by atoms with Crippen LogP contribution < -0.4 is 0 Å². The third kappa shape index (κ3) is 4.45. The van der Waals surface area contributed by atoms with E-state index in [4.69, 9.17) is 0 Å². The predicted molar refractivity (Wildman–Crippen MR) is 73.8 cm³/mol. The molecule has 0 amide bonds. The second-order valence-corrected chi connectivity index (χ2v) is 5.79. The minimum atomic E-state index is -0.297. The predicted octanol–water partition coefficient (Wildman–Crippen LogP) is 3.12. The maximum atomic E-state index is 10.9. The van der Waals surface area contributed by atoms with Crippen LogP contribution in [0.15, 0.2) is 24.3 Å². The Morgan fingerprint density at radius 3 is 2.44 bits per heavy atom. The molecule has 18 heavy (non-hydrogen) atoms. The molecule has 0 aromatic heterocycles. The van der Waals surface area contributed by atoms with E-state index in [9.17, 15) is 10.1 Å². The first-order valence-electron chi connectivity index (χ1n) is 6.19. The SMILES string of the molecule is CN(C)CC(C)(C)CCc1ccccc1[N+](=O)[O-]. The van der Waals surface area contributed by atoms with Crippen molar-refractivity contribution in [2.24, 2.45) is 5.41 Å². The number of rotatable bonds is 6. The summed E-state index contributed by atoms with van der Waals surface area (Å²) in [7, 11) is 4.10. The van der Waals surface area contributed by atoms with Gasteiger partial charge in [-0.05, 0) is 32.4 Å². The normalized spacial score (nSPS) is 11.8. The molecular formula is C14H22N2O2. The molecule has 4 nitrogen and oxygen atoms in total. The van der Waals surface area contributed by atoms with Gasteiger partial charge in [0.05, 0.1) is 4.92 Å². The first kappa shape index (κ1) is 14.6. The topological polar surface area (TPSA) is 46.4 Å². The molecule has 0 fully saturated rings. The molecule has 100 valence electrons. The second-order valence-electron chi connectivity index (χ2n) is 5.79. The van der Waals surface area contributed by atoms with E-state index in [0.29, 0.717) is 0 Å². The summed E-state index contributed by atoms with van der Waals surface area (Å²) in [6.45, 7) is 5.37. The summed E-state index contributed by atoms with van der Waals surface area (Å²) in [5.74, 6) is 0. The van der Waals surface area contributed by atoms with Crippen molar-refractivity contribution in [3.05, 3.63) is 39.9 Å². The van der Waals surface area contributed by atoms with Crippen LogP contribution in [0.1, 0.15) is 25.8 Å². The van der Waals surface area contributed by atoms with Gasteiger partial charge in [0, 0.05) is 18.2 Å². The number of nitrogens with zero attached hydrogens (tertiary/aromatic N) is 2. The van der Waals surface area contributed by atoms with E-state index in [1.165, 1.54) is 0 Å². The molecule has 0 N–H and O–H groups in total. The first-order chi connectivity index (χ1) is 8.32. The zero-order valence-electron chi connectivity index (χ0n) is 11.6. The van der Waals surface area contributed by atoms with Gasteiger partial charge >= 0.3 is 0 Å². The molecule has 0 heterocycles. The number of nitro groups is 1. The van der Waals surface area contributed by atoms with Crippen LogP contribution in [0, 0.1) is 15.5 Å². The molecule has 1 aromatic rings. The van der Waals surface area contributed by atoms with E-state index in [1.54, 1.807) is 12.1 Å². The summed E-state index contributed by atoms with van der Waals surface area (Å²) < 4.78 is 0. The summed E-state index contributed by atoms with van der Waals surface area (Å²) in [5.41, 5.74) is 1.22. The smallest absolute Gasteiger partial charge is 0.272 e.